The number of allylic oxidation sites excluding steroid dienone is 10. The van der Waals surface area contributed by atoms with Gasteiger partial charge in [-0.15, -0.1) is 0 Å². The van der Waals surface area contributed by atoms with Crippen LogP contribution in [0.1, 0.15) is 200 Å². The van der Waals surface area contributed by atoms with Gasteiger partial charge < -0.3 is 9.84 Å². The van der Waals surface area contributed by atoms with Crippen LogP contribution in [0, 0.1) is 0 Å². The van der Waals surface area contributed by atoms with Crippen molar-refractivity contribution in [3.05, 3.63) is 60.8 Å². The average Bonchev–Trinajstić information content (AvgIpc) is 3.07. The molecular weight excluding hydrogens is 592 g/mol. The molecule has 276 valence electrons. The van der Waals surface area contributed by atoms with Gasteiger partial charge in [-0.3, -0.25) is 9.59 Å². The van der Waals surface area contributed by atoms with E-state index < -0.39 is 5.97 Å². The zero-order chi connectivity index (χ0) is 35.0. The van der Waals surface area contributed by atoms with Gasteiger partial charge in [0.15, 0.2) is 0 Å². The molecule has 0 spiro atoms. The summed E-state index contributed by atoms with van der Waals surface area (Å²) in [6.07, 6.45) is 53.8. The molecule has 0 aromatic carbocycles. The minimum Gasteiger partial charge on any atom is -0.481 e. The van der Waals surface area contributed by atoms with Gasteiger partial charge >= 0.3 is 11.9 Å². The SMILES string of the molecule is CC/C=C\C/C=C\C/C=C\C/C=C\C/C=C\CCCCCC(=O)OC(CCCCCCCCCCCCC)CCCCCCCC(=O)O. The minimum absolute atomic E-state index is 0.0283. The molecule has 0 aromatic heterocycles. The lowest BCUT2D eigenvalue weighted by Gasteiger charge is -2.18. The van der Waals surface area contributed by atoms with Crippen LogP contribution in [0.15, 0.2) is 60.8 Å². The lowest BCUT2D eigenvalue weighted by atomic mass is 10.0. The zero-order valence-corrected chi connectivity index (χ0v) is 31.5. The first kappa shape index (κ1) is 45.6. The van der Waals surface area contributed by atoms with Crippen molar-refractivity contribution < 1.29 is 19.4 Å². The molecular formula is C44H76O4. The first-order chi connectivity index (χ1) is 23.6. The van der Waals surface area contributed by atoms with E-state index in [9.17, 15) is 9.59 Å². The van der Waals surface area contributed by atoms with Crippen LogP contribution in [0.4, 0.5) is 0 Å². The van der Waals surface area contributed by atoms with E-state index in [1.165, 1.54) is 64.2 Å². The third-order valence-corrected chi connectivity index (χ3v) is 8.75. The summed E-state index contributed by atoms with van der Waals surface area (Å²) in [6.45, 7) is 4.43. The maximum Gasteiger partial charge on any atom is 0.306 e. The second-order valence-electron chi connectivity index (χ2n) is 13.4. The van der Waals surface area contributed by atoms with Crippen molar-refractivity contribution in [3.63, 3.8) is 0 Å². The highest BCUT2D eigenvalue weighted by Crippen LogP contribution is 2.19. The summed E-state index contributed by atoms with van der Waals surface area (Å²) in [4.78, 5) is 23.4. The molecule has 0 aromatic rings. The Labute approximate surface area is 297 Å². The van der Waals surface area contributed by atoms with Gasteiger partial charge in [-0.2, -0.15) is 0 Å². The van der Waals surface area contributed by atoms with Gasteiger partial charge in [0.05, 0.1) is 0 Å². The van der Waals surface area contributed by atoms with Crippen LogP contribution in [-0.4, -0.2) is 23.1 Å². The number of carbonyl (C=O) groups excluding carboxylic acids is 1. The van der Waals surface area contributed by atoms with Crippen LogP contribution >= 0.6 is 0 Å². The van der Waals surface area contributed by atoms with Crippen molar-refractivity contribution in [2.45, 2.75) is 206 Å². The number of hydrogen-bond acceptors (Lipinski definition) is 3. The molecule has 0 aliphatic rings. The third-order valence-electron chi connectivity index (χ3n) is 8.75. The van der Waals surface area contributed by atoms with Crippen molar-refractivity contribution >= 4 is 11.9 Å². The number of carbonyl (C=O) groups is 2. The molecule has 0 aliphatic carbocycles. The first-order valence-corrected chi connectivity index (χ1v) is 20.3. The molecule has 0 radical (unpaired) electrons. The van der Waals surface area contributed by atoms with Crippen LogP contribution in [-0.2, 0) is 14.3 Å². The van der Waals surface area contributed by atoms with Gasteiger partial charge in [0.2, 0.25) is 0 Å². The molecule has 0 fully saturated rings. The molecule has 1 atom stereocenters. The Morgan fingerprint density at radius 3 is 1.35 bits per heavy atom. The van der Waals surface area contributed by atoms with Crippen LogP contribution < -0.4 is 0 Å². The summed E-state index contributed by atoms with van der Waals surface area (Å²) in [5.74, 6) is -0.734. The molecule has 4 heteroatoms. The Morgan fingerprint density at radius 2 is 0.875 bits per heavy atom. The highest BCUT2D eigenvalue weighted by Gasteiger charge is 2.14. The van der Waals surface area contributed by atoms with E-state index >= 15 is 0 Å². The van der Waals surface area contributed by atoms with Crippen LogP contribution in [0.3, 0.4) is 0 Å². The number of hydrogen-bond donors (Lipinski definition) is 1. The summed E-state index contributed by atoms with van der Waals surface area (Å²) in [5, 5.41) is 8.82. The fraction of sp³-hybridized carbons (Fsp3) is 0.727. The monoisotopic (exact) mass is 669 g/mol. The molecule has 1 unspecified atom stereocenters. The fourth-order valence-electron chi connectivity index (χ4n) is 5.80. The lowest BCUT2D eigenvalue weighted by Crippen LogP contribution is -2.18. The number of ether oxygens (including phenoxy) is 1. The number of carboxylic acids is 1. The summed E-state index contributed by atoms with van der Waals surface area (Å²) in [5.41, 5.74) is 0. The minimum atomic E-state index is -0.705. The normalized spacial score (nSPS) is 12.9. The van der Waals surface area contributed by atoms with Gasteiger partial charge in [0.25, 0.3) is 0 Å². The van der Waals surface area contributed by atoms with E-state index in [1.807, 2.05) is 0 Å². The van der Waals surface area contributed by atoms with Gasteiger partial charge in [0, 0.05) is 12.8 Å². The Bertz CT molecular complexity index is 850. The van der Waals surface area contributed by atoms with Crippen molar-refractivity contribution in [2.24, 2.45) is 0 Å². The molecule has 0 saturated heterocycles. The molecule has 0 heterocycles. The van der Waals surface area contributed by atoms with Crippen molar-refractivity contribution in [3.8, 4) is 0 Å². The van der Waals surface area contributed by atoms with E-state index in [1.54, 1.807) is 0 Å². The average molecular weight is 669 g/mol. The Balaban J connectivity index is 4.09. The summed E-state index contributed by atoms with van der Waals surface area (Å²) < 4.78 is 5.99. The predicted molar refractivity (Wildman–Crippen MR) is 208 cm³/mol. The number of unbranched alkanes of at least 4 members (excludes halogenated alkanes) is 17. The molecule has 4 nitrogen and oxygen atoms in total. The van der Waals surface area contributed by atoms with Crippen molar-refractivity contribution in [1.82, 2.24) is 0 Å². The van der Waals surface area contributed by atoms with E-state index in [0.29, 0.717) is 6.42 Å². The first-order valence-electron chi connectivity index (χ1n) is 20.3. The number of aliphatic carboxylic acids is 1. The molecule has 0 aliphatic heterocycles. The molecule has 0 bridgehead atoms. The molecule has 0 saturated carbocycles. The predicted octanol–water partition coefficient (Wildman–Crippen LogP) is 14.1. The molecule has 1 N–H and O–H groups in total. The Morgan fingerprint density at radius 1 is 0.479 bits per heavy atom. The number of carboxylic acid groups (broad SMARTS) is 1. The highest BCUT2D eigenvalue weighted by atomic mass is 16.5. The maximum atomic E-state index is 12.7. The smallest absolute Gasteiger partial charge is 0.306 e. The van der Waals surface area contributed by atoms with Crippen molar-refractivity contribution in [2.75, 3.05) is 0 Å². The summed E-state index contributed by atoms with van der Waals surface area (Å²) in [7, 11) is 0. The highest BCUT2D eigenvalue weighted by molar-refractivity contribution is 5.69. The quantitative estimate of drug-likeness (QED) is 0.0410. The van der Waals surface area contributed by atoms with Crippen LogP contribution in [0.2, 0.25) is 0 Å². The Kier molecular flexibility index (Phi) is 37.2. The Hall–Kier alpha value is -2.36. The van der Waals surface area contributed by atoms with E-state index in [-0.39, 0.29) is 18.5 Å². The van der Waals surface area contributed by atoms with Gasteiger partial charge in [-0.1, -0.05) is 164 Å². The van der Waals surface area contributed by atoms with Gasteiger partial charge in [0.1, 0.15) is 6.10 Å². The fourth-order valence-corrected chi connectivity index (χ4v) is 5.80. The summed E-state index contributed by atoms with van der Waals surface area (Å²) >= 11 is 0. The van der Waals surface area contributed by atoms with Crippen LogP contribution in [0.25, 0.3) is 0 Å². The number of esters is 1. The number of rotatable bonds is 36. The molecule has 0 rings (SSSR count). The second-order valence-corrected chi connectivity index (χ2v) is 13.4. The summed E-state index contributed by atoms with van der Waals surface area (Å²) in [6, 6.07) is 0. The van der Waals surface area contributed by atoms with E-state index in [0.717, 1.165) is 109 Å². The third kappa shape index (κ3) is 38.1. The largest absolute Gasteiger partial charge is 0.481 e. The van der Waals surface area contributed by atoms with Gasteiger partial charge in [-0.25, -0.2) is 0 Å². The maximum absolute atomic E-state index is 12.7. The van der Waals surface area contributed by atoms with E-state index in [2.05, 4.69) is 74.6 Å². The van der Waals surface area contributed by atoms with Gasteiger partial charge in [-0.05, 0) is 83.5 Å². The second kappa shape index (κ2) is 39.1. The molecule has 0 amide bonds. The lowest BCUT2D eigenvalue weighted by molar-refractivity contribution is -0.150. The van der Waals surface area contributed by atoms with E-state index in [4.69, 9.17) is 9.84 Å². The molecule has 48 heavy (non-hydrogen) atoms. The topological polar surface area (TPSA) is 63.6 Å². The zero-order valence-electron chi connectivity index (χ0n) is 31.5. The standard InChI is InChI=1S/C44H76O4/c1-3-5-7-9-11-13-15-16-17-18-19-20-21-22-24-26-28-33-37-41-44(47)48-42(39-35-31-29-32-36-40-43(45)46)38-34-30-27-25-23-14-12-10-8-6-4-2/h5,7,11,13,16-17,19-20,22,24,42H,3-4,6,8-10,12,14-15,18,21,23,25-41H2,1-2H3,(H,45,46)/b7-5-,13-11-,17-16-,20-19-,24-22-. The van der Waals surface area contributed by atoms with Crippen molar-refractivity contribution in [1.29, 1.82) is 0 Å². The van der Waals surface area contributed by atoms with Crippen LogP contribution in [0.5, 0.6) is 0 Å².